The number of aliphatic hydroxyl groups is 1. The summed E-state index contributed by atoms with van der Waals surface area (Å²) in [5, 5.41) is 26.2. The van der Waals surface area contributed by atoms with Gasteiger partial charge in [-0.1, -0.05) is 30.7 Å². The van der Waals surface area contributed by atoms with E-state index in [9.17, 15) is 10.4 Å². The fourth-order valence-electron chi connectivity index (χ4n) is 6.82. The van der Waals surface area contributed by atoms with Gasteiger partial charge in [-0.2, -0.15) is 5.26 Å². The number of hydrogen-bond donors (Lipinski definition) is 3. The molecule has 0 saturated carbocycles. The highest BCUT2D eigenvalue weighted by Gasteiger charge is 2.20. The van der Waals surface area contributed by atoms with Crippen LogP contribution in [-0.2, 0) is 13.1 Å². The number of hydrogen-bond acceptors (Lipinski definition) is 10. The molecule has 3 N–H and O–H groups in total. The summed E-state index contributed by atoms with van der Waals surface area (Å²) in [7, 11) is 0. The van der Waals surface area contributed by atoms with Gasteiger partial charge in [0, 0.05) is 36.6 Å². The SMILES string of the molecule is Cc1nc(Nc2cccc(-c3cccc(-c4nc5cc(CN6CCCCC6)cc(C#N)c5o4)c3C)c2C)c2ncc(CN[C@@H](C)CO)cc2n1. The topological polar surface area (TPSA) is 136 Å². The first-order chi connectivity index (χ1) is 24.3. The molecular weight excluding hydrogens is 624 g/mol. The van der Waals surface area contributed by atoms with Crippen LogP contribution in [0, 0.1) is 32.1 Å². The molecule has 3 aromatic heterocycles. The summed E-state index contributed by atoms with van der Waals surface area (Å²) >= 11 is 0. The number of anilines is 2. The molecule has 10 nitrogen and oxygen atoms in total. The van der Waals surface area contributed by atoms with Crippen molar-refractivity contribution in [3.8, 4) is 28.7 Å². The number of fused-ring (bicyclic) bond motifs is 2. The summed E-state index contributed by atoms with van der Waals surface area (Å²) in [6.45, 7) is 11.6. The Bertz CT molecular complexity index is 2230. The quantitative estimate of drug-likeness (QED) is 0.135. The number of aryl methyl sites for hydroxylation is 1. The highest BCUT2D eigenvalue weighted by atomic mass is 16.3. The molecule has 254 valence electrons. The van der Waals surface area contributed by atoms with Gasteiger partial charge in [-0.25, -0.2) is 15.0 Å². The number of aromatic nitrogens is 4. The van der Waals surface area contributed by atoms with Gasteiger partial charge >= 0.3 is 0 Å². The molecule has 0 aliphatic carbocycles. The molecule has 4 heterocycles. The highest BCUT2D eigenvalue weighted by molar-refractivity contribution is 5.89. The van der Waals surface area contributed by atoms with E-state index in [0.29, 0.717) is 46.3 Å². The minimum atomic E-state index is -0.0107. The van der Waals surface area contributed by atoms with Gasteiger partial charge in [0.15, 0.2) is 11.4 Å². The van der Waals surface area contributed by atoms with Crippen LogP contribution in [0.25, 0.3) is 44.7 Å². The second-order valence-electron chi connectivity index (χ2n) is 13.3. The molecule has 1 atom stereocenters. The molecule has 0 unspecified atom stereocenters. The summed E-state index contributed by atoms with van der Waals surface area (Å²) in [5.41, 5.74) is 11.3. The zero-order valence-electron chi connectivity index (χ0n) is 29.0. The zero-order valence-corrected chi connectivity index (χ0v) is 29.0. The lowest BCUT2D eigenvalue weighted by atomic mass is 9.93. The normalized spacial score (nSPS) is 14.2. The predicted molar refractivity (Wildman–Crippen MR) is 197 cm³/mol. The van der Waals surface area contributed by atoms with Crippen LogP contribution in [-0.4, -0.2) is 55.7 Å². The highest BCUT2D eigenvalue weighted by Crippen LogP contribution is 2.37. The van der Waals surface area contributed by atoms with E-state index in [2.05, 4.69) is 58.6 Å². The smallest absolute Gasteiger partial charge is 0.227 e. The number of nitriles is 1. The minimum absolute atomic E-state index is 0.0107. The monoisotopic (exact) mass is 666 g/mol. The third-order valence-electron chi connectivity index (χ3n) is 9.60. The van der Waals surface area contributed by atoms with Crippen molar-refractivity contribution in [2.75, 3.05) is 25.0 Å². The van der Waals surface area contributed by atoms with Crippen LogP contribution in [0.2, 0.25) is 0 Å². The number of nitrogens with zero attached hydrogens (tertiary/aromatic N) is 6. The van der Waals surface area contributed by atoms with E-state index in [0.717, 1.165) is 69.8 Å². The fraction of sp³-hybridized carbons (Fsp3) is 0.325. The summed E-state index contributed by atoms with van der Waals surface area (Å²) in [4.78, 5) is 21.5. The van der Waals surface area contributed by atoms with Crippen LogP contribution in [0.4, 0.5) is 11.5 Å². The Morgan fingerprint density at radius 1 is 0.900 bits per heavy atom. The number of rotatable bonds is 10. The first kappa shape index (κ1) is 33.3. The van der Waals surface area contributed by atoms with E-state index in [1.54, 1.807) is 0 Å². The standard InChI is InChI=1S/C40H42N8O2/c1-24(23-49)42-20-29-18-35-37(43-21-29)39(45-27(4)44-35)46-34-13-9-11-32(26(34)3)31-10-8-12-33(25(31)2)40-47-36-17-28(16-30(19-41)38(36)50-40)22-48-14-6-5-7-15-48/h8-13,16-18,21,24,42,49H,5-7,14-15,20,22-23H2,1-4H3,(H,44,45,46)/t24-/m0/s1. The lowest BCUT2D eigenvalue weighted by molar-refractivity contribution is 0.221. The average Bonchev–Trinajstić information content (AvgIpc) is 3.55. The Morgan fingerprint density at radius 2 is 1.64 bits per heavy atom. The number of nitrogens with one attached hydrogen (secondary N) is 2. The van der Waals surface area contributed by atoms with Crippen molar-refractivity contribution < 1.29 is 9.52 Å². The molecule has 0 radical (unpaired) electrons. The Balaban J connectivity index is 1.19. The van der Waals surface area contributed by atoms with Crippen molar-refractivity contribution in [2.24, 2.45) is 0 Å². The molecule has 10 heteroatoms. The molecule has 0 spiro atoms. The Kier molecular flexibility index (Phi) is 9.55. The van der Waals surface area contributed by atoms with Gasteiger partial charge in [-0.3, -0.25) is 9.88 Å². The lowest BCUT2D eigenvalue weighted by Crippen LogP contribution is -2.29. The summed E-state index contributed by atoms with van der Waals surface area (Å²) in [6.07, 6.45) is 5.54. The molecule has 1 aliphatic heterocycles. The number of aliphatic hydroxyl groups excluding tert-OH is 1. The Morgan fingerprint density at radius 3 is 2.42 bits per heavy atom. The van der Waals surface area contributed by atoms with Crippen molar-refractivity contribution in [1.29, 1.82) is 5.26 Å². The molecule has 0 amide bonds. The predicted octanol–water partition coefficient (Wildman–Crippen LogP) is 7.50. The van der Waals surface area contributed by atoms with Crippen molar-refractivity contribution in [1.82, 2.24) is 30.2 Å². The second-order valence-corrected chi connectivity index (χ2v) is 13.3. The Labute approximate surface area is 292 Å². The van der Waals surface area contributed by atoms with Gasteiger partial charge in [-0.05, 0) is 117 Å². The molecule has 50 heavy (non-hydrogen) atoms. The molecular formula is C40H42N8O2. The maximum Gasteiger partial charge on any atom is 0.227 e. The van der Waals surface area contributed by atoms with Crippen LogP contribution >= 0.6 is 0 Å². The molecule has 7 rings (SSSR count). The summed E-state index contributed by atoms with van der Waals surface area (Å²) < 4.78 is 6.32. The third-order valence-corrected chi connectivity index (χ3v) is 9.60. The van der Waals surface area contributed by atoms with Gasteiger partial charge in [0.25, 0.3) is 0 Å². The van der Waals surface area contributed by atoms with Crippen LogP contribution in [0.5, 0.6) is 0 Å². The van der Waals surface area contributed by atoms with E-state index in [1.165, 1.54) is 19.3 Å². The van der Waals surface area contributed by atoms with Crippen LogP contribution in [0.15, 0.2) is 65.2 Å². The van der Waals surface area contributed by atoms with E-state index in [1.807, 2.05) is 56.4 Å². The summed E-state index contributed by atoms with van der Waals surface area (Å²) in [6, 6.07) is 20.7. The molecule has 0 bridgehead atoms. The number of piperidine rings is 1. The van der Waals surface area contributed by atoms with Crippen molar-refractivity contribution in [3.05, 3.63) is 94.4 Å². The molecule has 6 aromatic rings. The van der Waals surface area contributed by atoms with Crippen LogP contribution in [0.3, 0.4) is 0 Å². The lowest BCUT2D eigenvalue weighted by Gasteiger charge is -2.26. The van der Waals surface area contributed by atoms with Gasteiger partial charge in [0.1, 0.15) is 22.9 Å². The maximum atomic E-state index is 10.0. The molecule has 1 fully saturated rings. The third kappa shape index (κ3) is 6.81. The fourth-order valence-corrected chi connectivity index (χ4v) is 6.82. The van der Waals surface area contributed by atoms with Gasteiger partial charge in [0.2, 0.25) is 5.89 Å². The zero-order chi connectivity index (χ0) is 34.8. The number of pyridine rings is 1. The maximum absolute atomic E-state index is 10.0. The van der Waals surface area contributed by atoms with Crippen molar-refractivity contribution in [3.63, 3.8) is 0 Å². The van der Waals surface area contributed by atoms with Gasteiger partial charge < -0.3 is 20.2 Å². The first-order valence-corrected chi connectivity index (χ1v) is 17.3. The number of oxazole rings is 1. The molecule has 3 aromatic carbocycles. The van der Waals surface area contributed by atoms with E-state index in [4.69, 9.17) is 19.4 Å². The molecule has 1 aliphatic rings. The van der Waals surface area contributed by atoms with Gasteiger partial charge in [-0.15, -0.1) is 0 Å². The van der Waals surface area contributed by atoms with Crippen LogP contribution in [0.1, 0.15) is 59.8 Å². The van der Waals surface area contributed by atoms with E-state index >= 15 is 0 Å². The largest absolute Gasteiger partial charge is 0.435 e. The number of benzene rings is 3. The first-order valence-electron chi connectivity index (χ1n) is 17.3. The molecule has 1 saturated heterocycles. The minimum Gasteiger partial charge on any atom is -0.435 e. The second kappa shape index (κ2) is 14.3. The van der Waals surface area contributed by atoms with E-state index < -0.39 is 0 Å². The van der Waals surface area contributed by atoms with Crippen LogP contribution < -0.4 is 10.6 Å². The summed E-state index contributed by atoms with van der Waals surface area (Å²) in [5.74, 6) is 1.79. The van der Waals surface area contributed by atoms with Crippen molar-refractivity contribution >= 4 is 33.6 Å². The average molecular weight is 667 g/mol. The van der Waals surface area contributed by atoms with Crippen molar-refractivity contribution in [2.45, 2.75) is 66.1 Å². The van der Waals surface area contributed by atoms with E-state index in [-0.39, 0.29) is 12.6 Å². The van der Waals surface area contributed by atoms with Gasteiger partial charge in [0.05, 0.1) is 17.7 Å². The Hall–Kier alpha value is -5.21. The number of likely N-dealkylation sites (tertiary alicyclic amines) is 1.